The molecule has 0 aromatic heterocycles. The zero-order chi connectivity index (χ0) is 10.4. The van der Waals surface area contributed by atoms with Crippen molar-refractivity contribution in [2.75, 3.05) is 39.5 Å². The molecule has 82 valence electrons. The second kappa shape index (κ2) is 5.95. The molecule has 0 aliphatic carbocycles. The Bertz CT molecular complexity index is 180. The van der Waals surface area contributed by atoms with Crippen LogP contribution in [0.5, 0.6) is 0 Å². The predicted molar refractivity (Wildman–Crippen MR) is 49.9 cm³/mol. The van der Waals surface area contributed by atoms with Crippen LogP contribution in [-0.2, 0) is 14.3 Å². The van der Waals surface area contributed by atoms with Gasteiger partial charge in [0.05, 0.1) is 13.2 Å². The summed E-state index contributed by atoms with van der Waals surface area (Å²) in [5, 5.41) is 9.49. The minimum atomic E-state index is -0.600. The molecule has 1 aliphatic heterocycles. The fourth-order valence-electron chi connectivity index (χ4n) is 1.35. The molecule has 1 N–H and O–H groups in total. The third-order valence-corrected chi connectivity index (χ3v) is 2.05. The topological polar surface area (TPSA) is 59.0 Å². The lowest BCUT2D eigenvalue weighted by molar-refractivity contribution is -0.144. The zero-order valence-corrected chi connectivity index (χ0v) is 8.44. The maximum atomic E-state index is 10.5. The molecule has 0 unspecified atom stereocenters. The second-order valence-corrected chi connectivity index (χ2v) is 3.37. The number of aliphatic hydroxyl groups excluding tert-OH is 1. The quantitative estimate of drug-likeness (QED) is 0.609. The Morgan fingerprint density at radius 3 is 2.79 bits per heavy atom. The van der Waals surface area contributed by atoms with E-state index >= 15 is 0 Å². The number of hydrogen-bond donors (Lipinski definition) is 1. The standard InChI is InChI=1S/C9H17NO4/c1-8(11)14-7-9(12)6-10-2-4-13-5-3-10/h9,12H,2-7H2,1H3/t9-/m0/s1. The first kappa shape index (κ1) is 11.4. The van der Waals surface area contributed by atoms with Gasteiger partial charge in [0.2, 0.25) is 0 Å². The lowest BCUT2D eigenvalue weighted by atomic mass is 10.3. The van der Waals surface area contributed by atoms with Gasteiger partial charge in [-0.1, -0.05) is 0 Å². The maximum Gasteiger partial charge on any atom is 0.302 e. The van der Waals surface area contributed by atoms with Crippen molar-refractivity contribution in [2.45, 2.75) is 13.0 Å². The first-order chi connectivity index (χ1) is 6.68. The van der Waals surface area contributed by atoms with Gasteiger partial charge < -0.3 is 14.6 Å². The Hall–Kier alpha value is -0.650. The molecule has 0 spiro atoms. The van der Waals surface area contributed by atoms with E-state index in [0.717, 1.165) is 13.1 Å². The van der Waals surface area contributed by atoms with Crippen molar-refractivity contribution in [1.29, 1.82) is 0 Å². The molecular formula is C9H17NO4. The summed E-state index contributed by atoms with van der Waals surface area (Å²) >= 11 is 0. The molecule has 0 amide bonds. The van der Waals surface area contributed by atoms with Crippen LogP contribution in [0, 0.1) is 0 Å². The molecule has 1 fully saturated rings. The van der Waals surface area contributed by atoms with Crippen LogP contribution in [0.4, 0.5) is 0 Å². The highest BCUT2D eigenvalue weighted by Crippen LogP contribution is 1.99. The number of aliphatic hydroxyl groups is 1. The average Bonchev–Trinajstić information content (AvgIpc) is 2.16. The van der Waals surface area contributed by atoms with Crippen LogP contribution in [0.1, 0.15) is 6.92 Å². The SMILES string of the molecule is CC(=O)OC[C@@H](O)CN1CCOCC1. The lowest BCUT2D eigenvalue weighted by Crippen LogP contribution is -2.42. The van der Waals surface area contributed by atoms with Gasteiger partial charge in [0.15, 0.2) is 0 Å². The number of rotatable bonds is 4. The Morgan fingerprint density at radius 1 is 1.57 bits per heavy atom. The Morgan fingerprint density at radius 2 is 2.21 bits per heavy atom. The number of hydrogen-bond acceptors (Lipinski definition) is 5. The van der Waals surface area contributed by atoms with Crippen molar-refractivity contribution in [3.63, 3.8) is 0 Å². The number of nitrogens with zero attached hydrogens (tertiary/aromatic N) is 1. The molecule has 1 atom stereocenters. The van der Waals surface area contributed by atoms with E-state index in [9.17, 15) is 9.90 Å². The van der Waals surface area contributed by atoms with E-state index in [1.807, 2.05) is 0 Å². The molecule has 0 aromatic rings. The summed E-state index contributed by atoms with van der Waals surface area (Å²) in [5.41, 5.74) is 0. The molecule has 0 aromatic carbocycles. The van der Waals surface area contributed by atoms with Gasteiger partial charge in [0.1, 0.15) is 12.7 Å². The number of carbonyl (C=O) groups is 1. The third kappa shape index (κ3) is 4.55. The molecular weight excluding hydrogens is 186 g/mol. The molecule has 14 heavy (non-hydrogen) atoms. The zero-order valence-electron chi connectivity index (χ0n) is 8.44. The van der Waals surface area contributed by atoms with Gasteiger partial charge in [-0.15, -0.1) is 0 Å². The van der Waals surface area contributed by atoms with Gasteiger partial charge in [-0.2, -0.15) is 0 Å². The molecule has 0 bridgehead atoms. The molecule has 1 aliphatic rings. The molecule has 5 nitrogen and oxygen atoms in total. The summed E-state index contributed by atoms with van der Waals surface area (Å²) < 4.78 is 9.87. The minimum absolute atomic E-state index is 0.0761. The van der Waals surface area contributed by atoms with Gasteiger partial charge in [-0.25, -0.2) is 0 Å². The smallest absolute Gasteiger partial charge is 0.302 e. The van der Waals surface area contributed by atoms with Gasteiger partial charge in [-0.3, -0.25) is 9.69 Å². The normalized spacial score (nSPS) is 20.4. The van der Waals surface area contributed by atoms with Crippen molar-refractivity contribution < 1.29 is 19.4 Å². The predicted octanol–water partition coefficient (Wildman–Crippen LogP) is -0.757. The second-order valence-electron chi connectivity index (χ2n) is 3.37. The highest BCUT2D eigenvalue weighted by atomic mass is 16.5. The lowest BCUT2D eigenvalue weighted by Gasteiger charge is -2.28. The number of esters is 1. The van der Waals surface area contributed by atoms with Crippen LogP contribution in [0.15, 0.2) is 0 Å². The monoisotopic (exact) mass is 203 g/mol. The van der Waals surface area contributed by atoms with Crippen molar-refractivity contribution in [1.82, 2.24) is 4.90 Å². The highest BCUT2D eigenvalue weighted by Gasteiger charge is 2.15. The summed E-state index contributed by atoms with van der Waals surface area (Å²) in [5.74, 6) is -0.356. The summed E-state index contributed by atoms with van der Waals surface area (Å²) in [6.07, 6.45) is -0.600. The van der Waals surface area contributed by atoms with Crippen LogP contribution in [-0.4, -0.2) is 61.5 Å². The fourth-order valence-corrected chi connectivity index (χ4v) is 1.35. The maximum absolute atomic E-state index is 10.5. The summed E-state index contributed by atoms with van der Waals surface area (Å²) in [6.45, 7) is 5.03. The molecule has 1 rings (SSSR count). The van der Waals surface area contributed by atoms with Crippen LogP contribution < -0.4 is 0 Å². The van der Waals surface area contributed by atoms with Crippen molar-refractivity contribution in [3.8, 4) is 0 Å². The van der Waals surface area contributed by atoms with E-state index < -0.39 is 6.10 Å². The highest BCUT2D eigenvalue weighted by molar-refractivity contribution is 5.65. The molecule has 5 heteroatoms. The van der Waals surface area contributed by atoms with E-state index in [2.05, 4.69) is 4.90 Å². The minimum Gasteiger partial charge on any atom is -0.463 e. The van der Waals surface area contributed by atoms with Gasteiger partial charge in [0, 0.05) is 26.6 Å². The fraction of sp³-hybridized carbons (Fsp3) is 0.889. The molecule has 1 heterocycles. The molecule has 0 radical (unpaired) electrons. The van der Waals surface area contributed by atoms with Crippen LogP contribution in [0.25, 0.3) is 0 Å². The van der Waals surface area contributed by atoms with E-state index in [0.29, 0.717) is 19.8 Å². The number of morpholine rings is 1. The Kier molecular flexibility index (Phi) is 4.86. The number of ether oxygens (including phenoxy) is 2. The van der Waals surface area contributed by atoms with Crippen molar-refractivity contribution in [3.05, 3.63) is 0 Å². The van der Waals surface area contributed by atoms with Crippen LogP contribution >= 0.6 is 0 Å². The van der Waals surface area contributed by atoms with Gasteiger partial charge in [0.25, 0.3) is 0 Å². The van der Waals surface area contributed by atoms with E-state index in [-0.39, 0.29) is 12.6 Å². The Labute approximate surface area is 83.6 Å². The third-order valence-electron chi connectivity index (χ3n) is 2.05. The van der Waals surface area contributed by atoms with Gasteiger partial charge >= 0.3 is 5.97 Å². The van der Waals surface area contributed by atoms with Crippen molar-refractivity contribution in [2.24, 2.45) is 0 Å². The number of carbonyl (C=O) groups excluding carboxylic acids is 1. The Balaban J connectivity index is 2.11. The first-order valence-corrected chi connectivity index (χ1v) is 4.80. The largest absolute Gasteiger partial charge is 0.463 e. The average molecular weight is 203 g/mol. The molecule has 1 saturated heterocycles. The molecule has 0 saturated carbocycles. The van der Waals surface area contributed by atoms with E-state index in [4.69, 9.17) is 9.47 Å². The van der Waals surface area contributed by atoms with E-state index in [1.54, 1.807) is 0 Å². The van der Waals surface area contributed by atoms with Gasteiger partial charge in [-0.05, 0) is 0 Å². The van der Waals surface area contributed by atoms with Crippen LogP contribution in [0.2, 0.25) is 0 Å². The van der Waals surface area contributed by atoms with Crippen LogP contribution in [0.3, 0.4) is 0 Å². The summed E-state index contributed by atoms with van der Waals surface area (Å²) in [4.78, 5) is 12.6. The van der Waals surface area contributed by atoms with E-state index in [1.165, 1.54) is 6.92 Å². The van der Waals surface area contributed by atoms with Crippen molar-refractivity contribution >= 4 is 5.97 Å². The number of β-amino-alcohol motifs (C(OH)–C–C–N with tert-alkyl or cyclic N) is 1. The summed E-state index contributed by atoms with van der Waals surface area (Å²) in [6, 6.07) is 0. The first-order valence-electron chi connectivity index (χ1n) is 4.80. The summed E-state index contributed by atoms with van der Waals surface area (Å²) in [7, 11) is 0.